The fourth-order valence-electron chi connectivity index (χ4n) is 1.21. The molecule has 88 valence electrons. The molecule has 0 bridgehead atoms. The molecule has 1 aromatic rings. The lowest BCUT2D eigenvalue weighted by Gasteiger charge is -2.09. The van der Waals surface area contributed by atoms with Crippen LogP contribution >= 0.6 is 22.9 Å². The summed E-state index contributed by atoms with van der Waals surface area (Å²) < 4.78 is 0.768. The molecule has 1 heterocycles. The number of nitrogens with one attached hydrogen (secondary N) is 1. The highest BCUT2D eigenvalue weighted by atomic mass is 35.5. The van der Waals surface area contributed by atoms with Gasteiger partial charge in [0.1, 0.15) is 0 Å². The van der Waals surface area contributed by atoms with Gasteiger partial charge >= 0.3 is 0 Å². The Morgan fingerprint density at radius 3 is 3.00 bits per heavy atom. The van der Waals surface area contributed by atoms with Crippen molar-refractivity contribution in [1.29, 1.82) is 0 Å². The number of nitrogens with two attached hydrogens (primary N) is 1. The standard InChI is InChI=1S/C11H15ClN2OS/c1-2-3-9(13)11(15)14-7-6-8-4-5-10(12)16-8/h2,4-5,9H,1,3,6-7,13H2,(H,14,15). The molecule has 16 heavy (non-hydrogen) atoms. The summed E-state index contributed by atoms with van der Waals surface area (Å²) in [4.78, 5) is 12.6. The largest absolute Gasteiger partial charge is 0.354 e. The molecular formula is C11H15ClN2OS. The van der Waals surface area contributed by atoms with Gasteiger partial charge in [0.05, 0.1) is 10.4 Å². The van der Waals surface area contributed by atoms with Crippen LogP contribution in [0.1, 0.15) is 11.3 Å². The van der Waals surface area contributed by atoms with Gasteiger partial charge in [-0.05, 0) is 25.0 Å². The van der Waals surface area contributed by atoms with Crippen LogP contribution in [0.4, 0.5) is 0 Å². The van der Waals surface area contributed by atoms with E-state index in [4.69, 9.17) is 17.3 Å². The first-order valence-electron chi connectivity index (χ1n) is 5.02. The van der Waals surface area contributed by atoms with E-state index in [0.717, 1.165) is 15.6 Å². The molecule has 3 nitrogen and oxygen atoms in total. The first kappa shape index (κ1) is 13.2. The Labute approximate surface area is 104 Å². The molecule has 0 aliphatic heterocycles. The van der Waals surface area contributed by atoms with E-state index >= 15 is 0 Å². The van der Waals surface area contributed by atoms with E-state index in [9.17, 15) is 4.79 Å². The Morgan fingerprint density at radius 1 is 1.69 bits per heavy atom. The molecule has 1 rings (SSSR count). The first-order valence-corrected chi connectivity index (χ1v) is 6.21. The molecule has 0 aliphatic rings. The van der Waals surface area contributed by atoms with Gasteiger partial charge in [-0.3, -0.25) is 4.79 Å². The number of carbonyl (C=O) groups is 1. The normalized spacial score (nSPS) is 12.1. The molecule has 1 unspecified atom stereocenters. The summed E-state index contributed by atoms with van der Waals surface area (Å²) in [6.07, 6.45) is 2.92. The number of amides is 1. The lowest BCUT2D eigenvalue weighted by molar-refractivity contribution is -0.122. The summed E-state index contributed by atoms with van der Waals surface area (Å²) in [6.45, 7) is 4.12. The van der Waals surface area contributed by atoms with E-state index in [2.05, 4.69) is 11.9 Å². The van der Waals surface area contributed by atoms with Crippen molar-refractivity contribution in [3.8, 4) is 0 Å². The summed E-state index contributed by atoms with van der Waals surface area (Å²) >= 11 is 7.32. The molecule has 1 amide bonds. The van der Waals surface area contributed by atoms with Crippen molar-refractivity contribution in [3.05, 3.63) is 34.0 Å². The predicted octanol–water partition coefficient (Wildman–Crippen LogP) is 1.96. The third kappa shape index (κ3) is 4.35. The van der Waals surface area contributed by atoms with Gasteiger partial charge < -0.3 is 11.1 Å². The molecule has 5 heteroatoms. The van der Waals surface area contributed by atoms with Crippen molar-refractivity contribution in [2.24, 2.45) is 5.73 Å². The van der Waals surface area contributed by atoms with Gasteiger partial charge in [0, 0.05) is 11.4 Å². The van der Waals surface area contributed by atoms with Crippen molar-refractivity contribution in [2.45, 2.75) is 18.9 Å². The third-order valence-electron chi connectivity index (χ3n) is 2.06. The Morgan fingerprint density at radius 2 is 2.44 bits per heavy atom. The second-order valence-electron chi connectivity index (χ2n) is 3.38. The average molecular weight is 259 g/mol. The summed E-state index contributed by atoms with van der Waals surface area (Å²) in [5, 5.41) is 2.78. The smallest absolute Gasteiger partial charge is 0.237 e. The fourth-order valence-corrected chi connectivity index (χ4v) is 2.30. The molecule has 0 spiro atoms. The molecule has 0 radical (unpaired) electrons. The predicted molar refractivity (Wildman–Crippen MR) is 68.8 cm³/mol. The van der Waals surface area contributed by atoms with Crippen molar-refractivity contribution in [1.82, 2.24) is 5.32 Å². The van der Waals surface area contributed by atoms with Gasteiger partial charge in [-0.2, -0.15) is 0 Å². The monoisotopic (exact) mass is 258 g/mol. The highest BCUT2D eigenvalue weighted by Crippen LogP contribution is 2.21. The van der Waals surface area contributed by atoms with Gasteiger partial charge in [0.2, 0.25) is 5.91 Å². The van der Waals surface area contributed by atoms with Crippen LogP contribution in [0.25, 0.3) is 0 Å². The molecule has 3 N–H and O–H groups in total. The van der Waals surface area contributed by atoms with Crippen LogP contribution in [0.15, 0.2) is 24.8 Å². The second kappa shape index (κ2) is 6.68. The van der Waals surface area contributed by atoms with E-state index < -0.39 is 6.04 Å². The van der Waals surface area contributed by atoms with Crippen molar-refractivity contribution in [3.63, 3.8) is 0 Å². The Bertz CT molecular complexity index is 365. The van der Waals surface area contributed by atoms with Gasteiger partial charge in [-0.15, -0.1) is 17.9 Å². The van der Waals surface area contributed by atoms with Crippen molar-refractivity contribution < 1.29 is 4.79 Å². The van der Waals surface area contributed by atoms with Crippen LogP contribution in [0.2, 0.25) is 4.34 Å². The SMILES string of the molecule is C=CCC(N)C(=O)NCCc1ccc(Cl)s1. The number of hydrogen-bond donors (Lipinski definition) is 2. The minimum Gasteiger partial charge on any atom is -0.354 e. The summed E-state index contributed by atoms with van der Waals surface area (Å²) in [6, 6.07) is 3.32. The maximum Gasteiger partial charge on any atom is 0.237 e. The number of halogens is 1. The Kier molecular flexibility index (Phi) is 5.52. The lowest BCUT2D eigenvalue weighted by Crippen LogP contribution is -2.40. The Balaban J connectivity index is 2.25. The molecule has 0 fully saturated rings. The van der Waals surface area contributed by atoms with Crippen LogP contribution < -0.4 is 11.1 Å². The minimum atomic E-state index is -0.496. The van der Waals surface area contributed by atoms with Crippen LogP contribution in [-0.4, -0.2) is 18.5 Å². The van der Waals surface area contributed by atoms with Crippen LogP contribution in [0.3, 0.4) is 0 Å². The number of carbonyl (C=O) groups excluding carboxylic acids is 1. The highest BCUT2D eigenvalue weighted by molar-refractivity contribution is 7.16. The van der Waals surface area contributed by atoms with Crippen molar-refractivity contribution in [2.75, 3.05) is 6.54 Å². The lowest BCUT2D eigenvalue weighted by atomic mass is 10.2. The summed E-state index contributed by atoms with van der Waals surface area (Å²) in [5.74, 6) is -0.137. The van der Waals surface area contributed by atoms with Gasteiger partial charge in [-0.25, -0.2) is 0 Å². The average Bonchev–Trinajstić information content (AvgIpc) is 2.64. The molecule has 0 saturated carbocycles. The third-order valence-corrected chi connectivity index (χ3v) is 3.35. The quantitative estimate of drug-likeness (QED) is 0.767. The zero-order valence-corrected chi connectivity index (χ0v) is 10.5. The maximum absolute atomic E-state index is 11.4. The zero-order valence-electron chi connectivity index (χ0n) is 8.91. The fraction of sp³-hybridized carbons (Fsp3) is 0.364. The van der Waals surface area contributed by atoms with Crippen LogP contribution in [-0.2, 0) is 11.2 Å². The van der Waals surface area contributed by atoms with Gasteiger partial charge in [-0.1, -0.05) is 17.7 Å². The first-order chi connectivity index (χ1) is 7.63. The molecular weight excluding hydrogens is 244 g/mol. The van der Waals surface area contributed by atoms with E-state index in [1.165, 1.54) is 11.3 Å². The number of hydrogen-bond acceptors (Lipinski definition) is 3. The van der Waals surface area contributed by atoms with Gasteiger partial charge in [0.15, 0.2) is 0 Å². The Hall–Kier alpha value is -0.840. The van der Waals surface area contributed by atoms with Crippen LogP contribution in [0, 0.1) is 0 Å². The topological polar surface area (TPSA) is 55.1 Å². The maximum atomic E-state index is 11.4. The molecule has 1 atom stereocenters. The number of rotatable bonds is 6. The summed E-state index contributed by atoms with van der Waals surface area (Å²) in [5.41, 5.74) is 5.61. The van der Waals surface area contributed by atoms with E-state index in [1.54, 1.807) is 6.08 Å². The van der Waals surface area contributed by atoms with Crippen molar-refractivity contribution >= 4 is 28.8 Å². The molecule has 1 aromatic heterocycles. The highest BCUT2D eigenvalue weighted by Gasteiger charge is 2.10. The molecule has 0 saturated heterocycles. The summed E-state index contributed by atoms with van der Waals surface area (Å²) in [7, 11) is 0. The number of thiophene rings is 1. The van der Waals surface area contributed by atoms with E-state index in [-0.39, 0.29) is 5.91 Å². The second-order valence-corrected chi connectivity index (χ2v) is 5.18. The van der Waals surface area contributed by atoms with Gasteiger partial charge in [0.25, 0.3) is 0 Å². The molecule has 0 aromatic carbocycles. The minimum absolute atomic E-state index is 0.137. The molecule has 0 aliphatic carbocycles. The van der Waals surface area contributed by atoms with E-state index in [0.29, 0.717) is 13.0 Å². The van der Waals surface area contributed by atoms with E-state index in [1.807, 2.05) is 12.1 Å². The zero-order chi connectivity index (χ0) is 12.0. The van der Waals surface area contributed by atoms with Crippen LogP contribution in [0.5, 0.6) is 0 Å².